The molecule has 0 aliphatic rings. The zero-order valence-corrected chi connectivity index (χ0v) is 11.9. The Morgan fingerprint density at radius 3 is 1.75 bits per heavy atom. The number of unbranched alkanes of at least 4 members (excludes halogenated alkanes) is 5. The van der Waals surface area contributed by atoms with Gasteiger partial charge in [0.05, 0.1) is 0 Å². The molecule has 0 bridgehead atoms. The summed E-state index contributed by atoms with van der Waals surface area (Å²) in [4.78, 5) is 0. The van der Waals surface area contributed by atoms with Crippen molar-refractivity contribution in [1.82, 2.24) is 5.32 Å². The van der Waals surface area contributed by atoms with Crippen molar-refractivity contribution in [1.29, 1.82) is 0 Å². The van der Waals surface area contributed by atoms with Crippen LogP contribution in [0.3, 0.4) is 0 Å². The molecular weight excluding hydrogens is 194 g/mol. The van der Waals surface area contributed by atoms with Crippen LogP contribution in [0.1, 0.15) is 85.0 Å². The van der Waals surface area contributed by atoms with Gasteiger partial charge < -0.3 is 5.32 Å². The van der Waals surface area contributed by atoms with E-state index >= 15 is 0 Å². The maximum Gasteiger partial charge on any atom is 0.00670 e. The Morgan fingerprint density at radius 2 is 1.25 bits per heavy atom. The topological polar surface area (TPSA) is 12.0 Å². The average molecular weight is 227 g/mol. The standard InChI is InChI=1S/C15H33N/c1-4-7-10-11-14-16-15(12-8-5-2)13-9-6-3/h15-16H,4-14H2,1-3H3. The van der Waals surface area contributed by atoms with Crippen molar-refractivity contribution in [3.05, 3.63) is 0 Å². The highest BCUT2D eigenvalue weighted by molar-refractivity contribution is 4.66. The lowest BCUT2D eigenvalue weighted by Gasteiger charge is -2.18. The summed E-state index contributed by atoms with van der Waals surface area (Å²) < 4.78 is 0. The first-order valence-electron chi connectivity index (χ1n) is 7.58. The molecule has 16 heavy (non-hydrogen) atoms. The maximum absolute atomic E-state index is 3.75. The molecule has 0 fully saturated rings. The monoisotopic (exact) mass is 227 g/mol. The number of hydrogen-bond donors (Lipinski definition) is 1. The van der Waals surface area contributed by atoms with Crippen LogP contribution in [0.5, 0.6) is 0 Å². The third-order valence-electron chi connectivity index (χ3n) is 3.28. The normalized spacial score (nSPS) is 11.2. The third-order valence-corrected chi connectivity index (χ3v) is 3.28. The fraction of sp³-hybridized carbons (Fsp3) is 1.00. The Kier molecular flexibility index (Phi) is 13.0. The molecule has 0 aliphatic carbocycles. The van der Waals surface area contributed by atoms with E-state index in [0.717, 1.165) is 6.04 Å². The first-order valence-corrected chi connectivity index (χ1v) is 7.58. The summed E-state index contributed by atoms with van der Waals surface area (Å²) in [6.45, 7) is 8.09. The lowest BCUT2D eigenvalue weighted by molar-refractivity contribution is 0.420. The summed E-state index contributed by atoms with van der Waals surface area (Å²) in [7, 11) is 0. The van der Waals surface area contributed by atoms with Gasteiger partial charge in [0, 0.05) is 6.04 Å². The van der Waals surface area contributed by atoms with Crippen LogP contribution < -0.4 is 5.32 Å². The second-order valence-corrected chi connectivity index (χ2v) is 5.00. The van der Waals surface area contributed by atoms with Gasteiger partial charge in [-0.15, -0.1) is 0 Å². The van der Waals surface area contributed by atoms with E-state index in [2.05, 4.69) is 26.1 Å². The molecule has 0 aliphatic heterocycles. The summed E-state index contributed by atoms with van der Waals surface area (Å²) >= 11 is 0. The van der Waals surface area contributed by atoms with Gasteiger partial charge in [0.2, 0.25) is 0 Å². The molecule has 1 nitrogen and oxygen atoms in total. The van der Waals surface area contributed by atoms with E-state index in [0.29, 0.717) is 0 Å². The predicted molar refractivity (Wildman–Crippen MR) is 75.0 cm³/mol. The first-order chi connectivity index (χ1) is 7.85. The molecule has 0 atom stereocenters. The largest absolute Gasteiger partial charge is 0.314 e. The molecule has 0 saturated carbocycles. The highest BCUT2D eigenvalue weighted by Gasteiger charge is 2.05. The van der Waals surface area contributed by atoms with Crippen molar-refractivity contribution in [2.75, 3.05) is 6.54 Å². The van der Waals surface area contributed by atoms with Crippen molar-refractivity contribution >= 4 is 0 Å². The van der Waals surface area contributed by atoms with Gasteiger partial charge >= 0.3 is 0 Å². The Labute approximate surface area is 103 Å². The van der Waals surface area contributed by atoms with Crippen LogP contribution in [0.15, 0.2) is 0 Å². The maximum atomic E-state index is 3.75. The molecule has 0 spiro atoms. The molecule has 1 N–H and O–H groups in total. The lowest BCUT2D eigenvalue weighted by atomic mass is 10.0. The quantitative estimate of drug-likeness (QED) is 0.467. The highest BCUT2D eigenvalue weighted by Crippen LogP contribution is 2.09. The summed E-state index contributed by atoms with van der Waals surface area (Å²) in [5.41, 5.74) is 0. The molecule has 0 rings (SSSR count). The fourth-order valence-corrected chi connectivity index (χ4v) is 2.11. The first kappa shape index (κ1) is 16.0. The van der Waals surface area contributed by atoms with Crippen LogP contribution in [-0.4, -0.2) is 12.6 Å². The van der Waals surface area contributed by atoms with Crippen LogP contribution in [0, 0.1) is 0 Å². The van der Waals surface area contributed by atoms with Crippen LogP contribution in [0.4, 0.5) is 0 Å². The van der Waals surface area contributed by atoms with E-state index in [1.54, 1.807) is 0 Å². The molecule has 0 saturated heterocycles. The molecule has 0 aromatic heterocycles. The van der Waals surface area contributed by atoms with Crippen LogP contribution in [-0.2, 0) is 0 Å². The van der Waals surface area contributed by atoms with Gasteiger partial charge in [-0.2, -0.15) is 0 Å². The van der Waals surface area contributed by atoms with Crippen molar-refractivity contribution in [3.8, 4) is 0 Å². The Bertz CT molecular complexity index is 115. The minimum atomic E-state index is 0.793. The summed E-state index contributed by atoms with van der Waals surface area (Å²) in [5.74, 6) is 0. The van der Waals surface area contributed by atoms with Crippen molar-refractivity contribution in [3.63, 3.8) is 0 Å². The molecule has 98 valence electrons. The molecule has 0 heterocycles. The van der Waals surface area contributed by atoms with Gasteiger partial charge in [0.1, 0.15) is 0 Å². The van der Waals surface area contributed by atoms with Crippen LogP contribution in [0.25, 0.3) is 0 Å². The van der Waals surface area contributed by atoms with Crippen molar-refractivity contribution in [2.45, 2.75) is 91.0 Å². The van der Waals surface area contributed by atoms with Crippen LogP contribution >= 0.6 is 0 Å². The van der Waals surface area contributed by atoms with E-state index in [4.69, 9.17) is 0 Å². The van der Waals surface area contributed by atoms with E-state index < -0.39 is 0 Å². The van der Waals surface area contributed by atoms with E-state index in [1.807, 2.05) is 0 Å². The second kappa shape index (κ2) is 13.0. The molecule has 0 aromatic rings. The highest BCUT2D eigenvalue weighted by atomic mass is 14.9. The van der Waals surface area contributed by atoms with Gasteiger partial charge in [-0.25, -0.2) is 0 Å². The molecule has 0 aromatic carbocycles. The molecular formula is C15H33N. The van der Waals surface area contributed by atoms with Crippen LogP contribution in [0.2, 0.25) is 0 Å². The molecule has 0 unspecified atom stereocenters. The second-order valence-electron chi connectivity index (χ2n) is 5.00. The van der Waals surface area contributed by atoms with Crippen molar-refractivity contribution in [2.24, 2.45) is 0 Å². The smallest absolute Gasteiger partial charge is 0.00670 e. The zero-order chi connectivity index (χ0) is 12.1. The predicted octanol–water partition coefficient (Wildman–Crippen LogP) is 4.91. The Morgan fingerprint density at radius 1 is 0.688 bits per heavy atom. The van der Waals surface area contributed by atoms with Gasteiger partial charge in [-0.3, -0.25) is 0 Å². The average Bonchev–Trinajstić information content (AvgIpc) is 2.31. The number of hydrogen-bond acceptors (Lipinski definition) is 1. The van der Waals surface area contributed by atoms with E-state index in [1.165, 1.54) is 70.8 Å². The Balaban J connectivity index is 3.48. The minimum Gasteiger partial charge on any atom is -0.314 e. The Hall–Kier alpha value is -0.0400. The molecule has 0 amide bonds. The summed E-state index contributed by atoms with van der Waals surface area (Å²) in [5, 5.41) is 3.75. The number of nitrogens with one attached hydrogen (secondary N) is 1. The van der Waals surface area contributed by atoms with Gasteiger partial charge in [-0.1, -0.05) is 65.7 Å². The van der Waals surface area contributed by atoms with E-state index in [9.17, 15) is 0 Å². The van der Waals surface area contributed by atoms with Gasteiger partial charge in [0.25, 0.3) is 0 Å². The van der Waals surface area contributed by atoms with Crippen molar-refractivity contribution < 1.29 is 0 Å². The van der Waals surface area contributed by atoms with Gasteiger partial charge in [-0.05, 0) is 25.8 Å². The molecule has 1 heteroatoms. The third kappa shape index (κ3) is 10.5. The summed E-state index contributed by atoms with van der Waals surface area (Å²) in [6.07, 6.45) is 13.7. The fourth-order valence-electron chi connectivity index (χ4n) is 2.11. The lowest BCUT2D eigenvalue weighted by Crippen LogP contribution is -2.29. The van der Waals surface area contributed by atoms with E-state index in [-0.39, 0.29) is 0 Å². The number of rotatable bonds is 12. The minimum absolute atomic E-state index is 0.793. The van der Waals surface area contributed by atoms with Gasteiger partial charge in [0.15, 0.2) is 0 Å². The summed E-state index contributed by atoms with van der Waals surface area (Å²) in [6, 6.07) is 0.793. The SMILES string of the molecule is CCCCCCNC(CCCC)CCCC. The molecule has 0 radical (unpaired) electrons. The zero-order valence-electron chi connectivity index (χ0n) is 11.9.